The minimum Gasteiger partial charge on any atom is -0.468 e. The Labute approximate surface area is 189 Å². The average Bonchev–Trinajstić information content (AvgIpc) is 2.81. The monoisotopic (exact) mass is 448 g/mol. The Morgan fingerprint density at radius 3 is 1.53 bits per heavy atom. The second-order valence-corrected chi connectivity index (χ2v) is 7.95. The van der Waals surface area contributed by atoms with E-state index < -0.39 is 46.5 Å². The summed E-state index contributed by atoms with van der Waals surface area (Å²) < 4.78 is 19.8. The lowest BCUT2D eigenvalue weighted by Crippen LogP contribution is -2.50. The molecule has 8 heteroatoms. The molecule has 0 amide bonds. The van der Waals surface area contributed by atoms with Crippen LogP contribution in [0.3, 0.4) is 0 Å². The van der Waals surface area contributed by atoms with Gasteiger partial charge < -0.3 is 18.9 Å². The molecule has 0 saturated heterocycles. The fraction of sp³-hybridized carbons (Fsp3) is 0.583. The maximum atomic E-state index is 12.9. The van der Waals surface area contributed by atoms with Crippen LogP contribution in [0.1, 0.15) is 39.5 Å². The quantitative estimate of drug-likeness (QED) is 0.174. The third-order valence-corrected chi connectivity index (χ3v) is 6.04. The molecule has 0 saturated carbocycles. The molecule has 1 rings (SSSR count). The van der Waals surface area contributed by atoms with E-state index in [9.17, 15) is 19.2 Å². The summed E-state index contributed by atoms with van der Waals surface area (Å²) >= 11 is 0. The Morgan fingerprint density at radius 1 is 0.844 bits per heavy atom. The average molecular weight is 449 g/mol. The van der Waals surface area contributed by atoms with Crippen molar-refractivity contribution in [1.29, 1.82) is 0 Å². The van der Waals surface area contributed by atoms with E-state index in [1.165, 1.54) is 28.4 Å². The molecule has 0 fully saturated rings. The van der Waals surface area contributed by atoms with Gasteiger partial charge >= 0.3 is 23.9 Å². The van der Waals surface area contributed by atoms with Gasteiger partial charge in [0.05, 0.1) is 28.4 Å². The summed E-state index contributed by atoms with van der Waals surface area (Å²) in [6, 6.07) is 0. The molecule has 0 aliphatic heterocycles. The zero-order chi connectivity index (χ0) is 24.5. The molecule has 32 heavy (non-hydrogen) atoms. The summed E-state index contributed by atoms with van der Waals surface area (Å²) in [7, 11) is 4.77. The highest BCUT2D eigenvalue weighted by molar-refractivity contribution is 6.02. The standard InChI is InChI=1S/C24H32O8/c1-8-14-23(19(25)29-4,20(26)30-5)17-9-11-18(12-10-17)24(21(27)31-6,22(28)32-7)15-13-16(2)3/h1,9,11,13,17-18H,10,12,14-15H2,2-7H3/t17-,18+/m0/s1. The number of rotatable bonds is 9. The third-order valence-electron chi connectivity index (χ3n) is 6.04. The first-order valence-electron chi connectivity index (χ1n) is 10.2. The molecule has 2 atom stereocenters. The van der Waals surface area contributed by atoms with Gasteiger partial charge in [-0.25, -0.2) is 0 Å². The van der Waals surface area contributed by atoms with Gasteiger partial charge in [-0.15, -0.1) is 12.3 Å². The molecule has 0 radical (unpaired) electrons. The van der Waals surface area contributed by atoms with Crippen molar-refractivity contribution < 1.29 is 38.1 Å². The van der Waals surface area contributed by atoms with Gasteiger partial charge in [-0.1, -0.05) is 23.8 Å². The number of terminal acetylenes is 1. The lowest BCUT2D eigenvalue weighted by Gasteiger charge is -2.40. The summed E-state index contributed by atoms with van der Waals surface area (Å²) in [5, 5.41) is 0. The predicted octanol–water partition coefficient (Wildman–Crippen LogP) is 2.61. The molecule has 0 heterocycles. The normalized spacial score (nSPS) is 18.0. The summed E-state index contributed by atoms with van der Waals surface area (Å²) in [5.41, 5.74) is -2.41. The Bertz CT molecular complexity index is 793. The van der Waals surface area contributed by atoms with E-state index in [-0.39, 0.29) is 19.3 Å². The molecular weight excluding hydrogens is 416 g/mol. The molecule has 1 aliphatic rings. The van der Waals surface area contributed by atoms with Crippen LogP contribution in [0, 0.1) is 35.0 Å². The Morgan fingerprint density at radius 2 is 1.22 bits per heavy atom. The Balaban J connectivity index is 3.55. The fourth-order valence-corrected chi connectivity index (χ4v) is 4.26. The molecule has 1 aliphatic carbocycles. The number of allylic oxidation sites excluding steroid dienone is 4. The minimum atomic E-state index is -1.72. The lowest BCUT2D eigenvalue weighted by atomic mass is 9.62. The molecule has 0 unspecified atom stereocenters. The van der Waals surface area contributed by atoms with Crippen molar-refractivity contribution in [1.82, 2.24) is 0 Å². The molecular formula is C24H32O8. The molecule has 0 N–H and O–H groups in total. The molecule has 0 aromatic rings. The lowest BCUT2D eigenvalue weighted by molar-refractivity contribution is -0.176. The minimum absolute atomic E-state index is 0.0812. The summed E-state index contributed by atoms with van der Waals surface area (Å²) in [6.07, 6.45) is 11.0. The van der Waals surface area contributed by atoms with Crippen molar-refractivity contribution >= 4 is 23.9 Å². The van der Waals surface area contributed by atoms with Gasteiger partial charge in [-0.05, 0) is 33.1 Å². The van der Waals surface area contributed by atoms with Crippen molar-refractivity contribution in [2.75, 3.05) is 28.4 Å². The van der Waals surface area contributed by atoms with Crippen LogP contribution in [-0.4, -0.2) is 52.3 Å². The summed E-state index contributed by atoms with van der Waals surface area (Å²) in [6.45, 7) is 3.71. The molecule has 0 aromatic heterocycles. The maximum Gasteiger partial charge on any atom is 0.324 e. The first-order chi connectivity index (χ1) is 15.1. The number of hydrogen-bond acceptors (Lipinski definition) is 8. The summed E-state index contributed by atoms with van der Waals surface area (Å²) in [4.78, 5) is 51.1. The van der Waals surface area contributed by atoms with E-state index in [0.717, 1.165) is 5.57 Å². The number of ether oxygens (including phenoxy) is 4. The molecule has 0 spiro atoms. The maximum absolute atomic E-state index is 12.9. The van der Waals surface area contributed by atoms with E-state index in [0.29, 0.717) is 6.42 Å². The largest absolute Gasteiger partial charge is 0.468 e. The van der Waals surface area contributed by atoms with Crippen LogP contribution in [0.25, 0.3) is 0 Å². The van der Waals surface area contributed by atoms with E-state index in [1.807, 2.05) is 13.8 Å². The highest BCUT2D eigenvalue weighted by atomic mass is 16.6. The van der Waals surface area contributed by atoms with Crippen LogP contribution in [0.2, 0.25) is 0 Å². The number of methoxy groups -OCH3 is 4. The van der Waals surface area contributed by atoms with Crippen molar-refractivity contribution in [2.24, 2.45) is 22.7 Å². The molecule has 0 aromatic carbocycles. The van der Waals surface area contributed by atoms with E-state index in [2.05, 4.69) is 5.92 Å². The van der Waals surface area contributed by atoms with Gasteiger partial charge in [0.1, 0.15) is 0 Å². The zero-order valence-electron chi connectivity index (χ0n) is 19.6. The van der Waals surface area contributed by atoms with Crippen molar-refractivity contribution in [2.45, 2.75) is 39.5 Å². The highest BCUT2D eigenvalue weighted by Gasteiger charge is 2.57. The van der Waals surface area contributed by atoms with Crippen LogP contribution in [0.5, 0.6) is 0 Å². The highest BCUT2D eigenvalue weighted by Crippen LogP contribution is 2.47. The van der Waals surface area contributed by atoms with E-state index >= 15 is 0 Å². The van der Waals surface area contributed by atoms with Crippen LogP contribution < -0.4 is 0 Å². The third kappa shape index (κ3) is 4.87. The van der Waals surface area contributed by atoms with Crippen LogP contribution in [0.15, 0.2) is 23.8 Å². The van der Waals surface area contributed by atoms with Crippen LogP contribution in [-0.2, 0) is 38.1 Å². The van der Waals surface area contributed by atoms with E-state index in [4.69, 9.17) is 25.4 Å². The second-order valence-electron chi connectivity index (χ2n) is 7.95. The fourth-order valence-electron chi connectivity index (χ4n) is 4.26. The molecule has 8 nitrogen and oxygen atoms in total. The zero-order valence-corrected chi connectivity index (χ0v) is 19.6. The van der Waals surface area contributed by atoms with Crippen molar-refractivity contribution in [3.05, 3.63) is 23.8 Å². The summed E-state index contributed by atoms with van der Waals surface area (Å²) in [5.74, 6) is -1.89. The number of hydrogen-bond donors (Lipinski definition) is 0. The number of esters is 4. The van der Waals surface area contributed by atoms with Gasteiger partial charge in [0.25, 0.3) is 0 Å². The van der Waals surface area contributed by atoms with Crippen molar-refractivity contribution in [3.63, 3.8) is 0 Å². The number of carbonyl (C=O) groups excluding carboxylic acids is 4. The smallest absolute Gasteiger partial charge is 0.324 e. The topological polar surface area (TPSA) is 105 Å². The van der Waals surface area contributed by atoms with E-state index in [1.54, 1.807) is 18.2 Å². The SMILES string of the molecule is C#CCC(C(=O)OC)(C(=O)OC)[C@H]1C=C[C@@H](C(CC=C(C)C)(C(=O)OC)C(=O)OC)CC1. The molecule has 0 bridgehead atoms. The van der Waals surface area contributed by atoms with Gasteiger partial charge in [-0.3, -0.25) is 19.2 Å². The van der Waals surface area contributed by atoms with Gasteiger partial charge in [0, 0.05) is 18.3 Å². The molecule has 176 valence electrons. The van der Waals surface area contributed by atoms with Crippen LogP contribution >= 0.6 is 0 Å². The first kappa shape index (κ1) is 27.0. The first-order valence-corrected chi connectivity index (χ1v) is 10.2. The Kier molecular flexibility index (Phi) is 9.70. The van der Waals surface area contributed by atoms with Gasteiger partial charge in [0.2, 0.25) is 0 Å². The van der Waals surface area contributed by atoms with Gasteiger partial charge in [0.15, 0.2) is 10.8 Å². The van der Waals surface area contributed by atoms with Crippen LogP contribution in [0.4, 0.5) is 0 Å². The Hall–Kier alpha value is -3.08. The second kappa shape index (κ2) is 11.5. The number of carbonyl (C=O) groups is 4. The predicted molar refractivity (Wildman–Crippen MR) is 116 cm³/mol. The van der Waals surface area contributed by atoms with Gasteiger partial charge in [-0.2, -0.15) is 0 Å². The van der Waals surface area contributed by atoms with Crippen molar-refractivity contribution in [3.8, 4) is 12.3 Å².